The number of nitrogens with zero attached hydrogens (tertiary/aromatic N) is 5. The summed E-state index contributed by atoms with van der Waals surface area (Å²) in [5, 5.41) is 13.7. The Hall–Kier alpha value is -3.91. The Labute approximate surface area is 168 Å². The topological polar surface area (TPSA) is 96.0 Å². The molecule has 0 unspecified atom stereocenters. The van der Waals surface area contributed by atoms with Gasteiger partial charge >= 0.3 is 0 Å². The van der Waals surface area contributed by atoms with Crippen LogP contribution in [0.4, 0.5) is 0 Å². The van der Waals surface area contributed by atoms with Gasteiger partial charge in [0.15, 0.2) is 5.65 Å². The summed E-state index contributed by atoms with van der Waals surface area (Å²) < 4.78 is 0. The van der Waals surface area contributed by atoms with Crippen LogP contribution in [0, 0.1) is 0 Å². The SMILES string of the molecule is c1cnc(-c2cnc3n[nH]c(-c4cc5c(-c6ccsc6)nccc5[nH]4)c3c2)cn1. The molecule has 0 aliphatic carbocycles. The normalized spacial score (nSPS) is 11.4. The first kappa shape index (κ1) is 16.1. The number of pyridine rings is 2. The van der Waals surface area contributed by atoms with Gasteiger partial charge in [0.25, 0.3) is 0 Å². The second kappa shape index (κ2) is 6.32. The maximum absolute atomic E-state index is 4.59. The largest absolute Gasteiger partial charge is 0.353 e. The van der Waals surface area contributed by atoms with Crippen LogP contribution in [0.2, 0.25) is 0 Å². The van der Waals surface area contributed by atoms with Crippen molar-refractivity contribution < 1.29 is 0 Å². The first-order valence-electron chi connectivity index (χ1n) is 8.98. The molecule has 2 N–H and O–H groups in total. The molecule has 0 radical (unpaired) electrons. The Morgan fingerprint density at radius 2 is 1.86 bits per heavy atom. The van der Waals surface area contributed by atoms with E-state index in [2.05, 4.69) is 58.0 Å². The number of hydrogen-bond donors (Lipinski definition) is 2. The van der Waals surface area contributed by atoms with Gasteiger partial charge in [0, 0.05) is 57.6 Å². The highest BCUT2D eigenvalue weighted by Crippen LogP contribution is 2.34. The molecule has 8 heteroatoms. The predicted molar refractivity (Wildman–Crippen MR) is 113 cm³/mol. The molecule has 6 aromatic heterocycles. The molecule has 0 aliphatic heterocycles. The number of H-pyrrole nitrogens is 2. The number of thiophene rings is 1. The zero-order chi connectivity index (χ0) is 19.2. The van der Waals surface area contributed by atoms with E-state index in [1.165, 1.54) is 0 Å². The number of fused-ring (bicyclic) bond motifs is 2. The molecule has 0 fully saturated rings. The fourth-order valence-electron chi connectivity index (χ4n) is 3.51. The summed E-state index contributed by atoms with van der Waals surface area (Å²) in [6.45, 7) is 0. The summed E-state index contributed by atoms with van der Waals surface area (Å²) >= 11 is 1.66. The van der Waals surface area contributed by atoms with Crippen molar-refractivity contribution in [2.24, 2.45) is 0 Å². The van der Waals surface area contributed by atoms with Crippen LogP contribution in [0.3, 0.4) is 0 Å². The number of hydrogen-bond acceptors (Lipinski definition) is 6. The maximum Gasteiger partial charge on any atom is 0.181 e. The van der Waals surface area contributed by atoms with Crippen molar-refractivity contribution in [2.45, 2.75) is 0 Å². The third-order valence-corrected chi connectivity index (χ3v) is 5.56. The van der Waals surface area contributed by atoms with Crippen LogP contribution >= 0.6 is 11.3 Å². The van der Waals surface area contributed by atoms with E-state index in [-0.39, 0.29) is 0 Å². The Kier molecular flexibility index (Phi) is 3.50. The molecule has 0 amide bonds. The average Bonchev–Trinajstić information content (AvgIpc) is 3.52. The standard InChI is InChI=1S/C21H13N7S/c1-3-24-19(12-2-6-29-11-12)14-8-17(26-16(1)14)20-15-7-13(9-25-21(15)28-27-20)18-10-22-4-5-23-18/h1-11,26H,(H,25,27,28). The van der Waals surface area contributed by atoms with Gasteiger partial charge in [-0.3, -0.25) is 20.1 Å². The van der Waals surface area contributed by atoms with Crippen molar-refractivity contribution in [3.05, 3.63) is 66.0 Å². The second-order valence-electron chi connectivity index (χ2n) is 6.60. The minimum Gasteiger partial charge on any atom is -0.353 e. The Morgan fingerprint density at radius 3 is 2.72 bits per heavy atom. The third kappa shape index (κ3) is 2.61. The molecule has 0 spiro atoms. The van der Waals surface area contributed by atoms with Gasteiger partial charge in [-0.05, 0) is 29.6 Å². The van der Waals surface area contributed by atoms with Gasteiger partial charge in [-0.25, -0.2) is 4.98 Å². The van der Waals surface area contributed by atoms with E-state index in [4.69, 9.17) is 0 Å². The lowest BCUT2D eigenvalue weighted by molar-refractivity contribution is 1.10. The molecule has 0 saturated heterocycles. The zero-order valence-corrected chi connectivity index (χ0v) is 15.8. The van der Waals surface area contributed by atoms with Crippen LogP contribution in [-0.4, -0.2) is 35.1 Å². The summed E-state index contributed by atoms with van der Waals surface area (Å²) in [5.74, 6) is 0. The van der Waals surface area contributed by atoms with Crippen LogP contribution in [-0.2, 0) is 0 Å². The fourth-order valence-corrected chi connectivity index (χ4v) is 4.15. The lowest BCUT2D eigenvalue weighted by Crippen LogP contribution is -1.86. The quantitative estimate of drug-likeness (QED) is 0.453. The van der Waals surface area contributed by atoms with Crippen molar-refractivity contribution >= 4 is 33.3 Å². The molecular weight excluding hydrogens is 382 g/mol. The minimum absolute atomic E-state index is 0.655. The van der Waals surface area contributed by atoms with Crippen LogP contribution in [0.1, 0.15) is 0 Å². The fraction of sp³-hybridized carbons (Fsp3) is 0. The van der Waals surface area contributed by atoms with Crippen molar-refractivity contribution in [1.82, 2.24) is 35.1 Å². The van der Waals surface area contributed by atoms with Gasteiger partial charge in [0.1, 0.15) is 0 Å². The van der Waals surface area contributed by atoms with Gasteiger partial charge < -0.3 is 4.98 Å². The molecular formula is C21H13N7S. The highest BCUT2D eigenvalue weighted by atomic mass is 32.1. The Morgan fingerprint density at radius 1 is 0.862 bits per heavy atom. The number of aromatic nitrogens is 7. The maximum atomic E-state index is 4.59. The second-order valence-corrected chi connectivity index (χ2v) is 7.38. The molecule has 0 saturated carbocycles. The minimum atomic E-state index is 0.655. The van der Waals surface area contributed by atoms with Crippen LogP contribution in [0.25, 0.3) is 55.8 Å². The lowest BCUT2D eigenvalue weighted by Gasteiger charge is -2.00. The molecule has 0 bridgehead atoms. The highest BCUT2D eigenvalue weighted by Gasteiger charge is 2.15. The van der Waals surface area contributed by atoms with E-state index in [0.29, 0.717) is 5.65 Å². The summed E-state index contributed by atoms with van der Waals surface area (Å²) in [5.41, 5.74) is 7.25. The molecule has 0 atom stereocenters. The lowest BCUT2D eigenvalue weighted by atomic mass is 10.1. The molecule has 29 heavy (non-hydrogen) atoms. The van der Waals surface area contributed by atoms with E-state index in [9.17, 15) is 0 Å². The third-order valence-electron chi connectivity index (χ3n) is 4.88. The smallest absolute Gasteiger partial charge is 0.181 e. The van der Waals surface area contributed by atoms with Crippen molar-refractivity contribution in [3.8, 4) is 33.9 Å². The van der Waals surface area contributed by atoms with Gasteiger partial charge in [0.2, 0.25) is 0 Å². The van der Waals surface area contributed by atoms with E-state index >= 15 is 0 Å². The van der Waals surface area contributed by atoms with Crippen molar-refractivity contribution in [2.75, 3.05) is 0 Å². The van der Waals surface area contributed by atoms with E-state index in [0.717, 1.165) is 50.2 Å². The van der Waals surface area contributed by atoms with Gasteiger partial charge in [-0.2, -0.15) is 16.4 Å². The van der Waals surface area contributed by atoms with Crippen molar-refractivity contribution in [1.29, 1.82) is 0 Å². The molecule has 0 aliphatic rings. The summed E-state index contributed by atoms with van der Waals surface area (Å²) in [6, 6.07) is 8.21. The predicted octanol–water partition coefficient (Wildman–Crippen LogP) is 4.69. The first-order chi connectivity index (χ1) is 14.4. The summed E-state index contributed by atoms with van der Waals surface area (Å²) in [4.78, 5) is 21.1. The van der Waals surface area contributed by atoms with Crippen LogP contribution < -0.4 is 0 Å². The van der Waals surface area contributed by atoms with E-state index < -0.39 is 0 Å². The summed E-state index contributed by atoms with van der Waals surface area (Å²) in [6.07, 6.45) is 8.65. The molecule has 6 heterocycles. The van der Waals surface area contributed by atoms with Crippen LogP contribution in [0.15, 0.2) is 66.0 Å². The first-order valence-corrected chi connectivity index (χ1v) is 9.92. The Balaban J connectivity index is 1.53. The zero-order valence-electron chi connectivity index (χ0n) is 15.0. The van der Waals surface area contributed by atoms with Gasteiger partial charge in [-0.1, -0.05) is 0 Å². The molecule has 7 nitrogen and oxygen atoms in total. The number of nitrogens with one attached hydrogen (secondary N) is 2. The molecule has 6 aromatic rings. The van der Waals surface area contributed by atoms with Crippen molar-refractivity contribution in [3.63, 3.8) is 0 Å². The molecule has 138 valence electrons. The molecule has 0 aromatic carbocycles. The van der Waals surface area contributed by atoms with Gasteiger partial charge in [0.05, 0.1) is 29.0 Å². The monoisotopic (exact) mass is 395 g/mol. The van der Waals surface area contributed by atoms with E-state index in [1.54, 1.807) is 36.1 Å². The van der Waals surface area contributed by atoms with Gasteiger partial charge in [-0.15, -0.1) is 0 Å². The molecule has 6 rings (SSSR count). The number of rotatable bonds is 3. The average molecular weight is 395 g/mol. The van der Waals surface area contributed by atoms with Crippen LogP contribution in [0.5, 0.6) is 0 Å². The van der Waals surface area contributed by atoms with E-state index in [1.807, 2.05) is 18.3 Å². The number of aromatic amines is 2. The Bertz CT molecular complexity index is 1450. The highest BCUT2D eigenvalue weighted by molar-refractivity contribution is 7.08. The summed E-state index contributed by atoms with van der Waals surface area (Å²) in [7, 11) is 0.